The van der Waals surface area contributed by atoms with Crippen LogP contribution < -0.4 is 0 Å². The van der Waals surface area contributed by atoms with Gasteiger partial charge in [-0.05, 0) is 18.6 Å². The van der Waals surface area contributed by atoms with Crippen LogP contribution in [0.15, 0.2) is 0 Å². The van der Waals surface area contributed by atoms with Crippen LogP contribution in [0, 0.1) is 0 Å². The molecule has 0 heterocycles. The molecular weight excluding hydrogens is 431 g/mol. The van der Waals surface area contributed by atoms with Gasteiger partial charge < -0.3 is 9.47 Å². The normalized spacial score (nSPS) is 9.83. The van der Waals surface area contributed by atoms with Crippen LogP contribution in [0.4, 0.5) is 0 Å². The number of hydrogen-bond acceptors (Lipinski definition) is 5. The zero-order valence-electron chi connectivity index (χ0n) is 15.7. The number of thiocarbonyl (C=S) groups is 1. The van der Waals surface area contributed by atoms with Crippen LogP contribution in [-0.4, -0.2) is 60.0 Å². The van der Waals surface area contributed by atoms with Crippen molar-refractivity contribution in [2.45, 2.75) is 76.6 Å². The summed E-state index contributed by atoms with van der Waals surface area (Å²) in [5.74, 6) is -0.0368. The minimum absolute atomic E-state index is 0.0368. The van der Waals surface area contributed by atoms with Gasteiger partial charge in [0.15, 0.2) is 5.05 Å². The zero-order chi connectivity index (χ0) is 18.5. The molecule has 0 aromatic carbocycles. The predicted octanol–water partition coefficient (Wildman–Crippen LogP) is 4.64. The first-order valence-electron chi connectivity index (χ1n) is 9.15. The molecule has 3 radical (unpaired) electrons. The van der Waals surface area contributed by atoms with Crippen LogP contribution >= 0.6 is 12.2 Å². The summed E-state index contributed by atoms with van der Waals surface area (Å²) in [6, 6.07) is 0. The fourth-order valence-electron chi connectivity index (χ4n) is 1.55. The van der Waals surface area contributed by atoms with E-state index in [1.807, 2.05) is 6.92 Å². The molecule has 0 N–H and O–H groups in total. The van der Waals surface area contributed by atoms with E-state index in [1.54, 1.807) is 0 Å². The zero-order valence-corrected chi connectivity index (χ0v) is 19.4. The number of ether oxygens (including phenoxy) is 3. The summed E-state index contributed by atoms with van der Waals surface area (Å²) in [7, 11) is 0. The molecule has 0 saturated heterocycles. The van der Waals surface area contributed by atoms with Crippen LogP contribution in [0.5, 0.6) is 0 Å². The number of esters is 1. The molecule has 0 atom stereocenters. The van der Waals surface area contributed by atoms with Crippen molar-refractivity contribution < 1.29 is 19.0 Å². The number of carbonyl (C=O) groups is 1. The second kappa shape index (κ2) is 23.1. The van der Waals surface area contributed by atoms with E-state index in [1.165, 1.54) is 41.8 Å². The fourth-order valence-corrected chi connectivity index (χ4v) is 2.22. The Bertz CT molecular complexity index is 288. The van der Waals surface area contributed by atoms with Crippen molar-refractivity contribution in [1.29, 1.82) is 0 Å². The van der Waals surface area contributed by atoms with Gasteiger partial charge in [-0.3, -0.25) is 0 Å². The minimum atomic E-state index is -0.0368. The maximum absolute atomic E-state index is 10.7. The van der Waals surface area contributed by atoms with E-state index in [0.717, 1.165) is 36.7 Å². The molecule has 0 amide bonds. The molecule has 6 heteroatoms. The first-order valence-corrected chi connectivity index (χ1v) is 11.6. The van der Waals surface area contributed by atoms with Gasteiger partial charge in [0.2, 0.25) is 0 Å². The second-order valence-corrected chi connectivity index (χ2v) is 7.20. The summed E-state index contributed by atoms with van der Waals surface area (Å²) in [4.78, 5) is 10.7. The molecule has 0 aliphatic rings. The summed E-state index contributed by atoms with van der Waals surface area (Å²) in [6.07, 6.45) is 8.49. The SMILES string of the molecule is CCCCCCOCCOC(=S)CC.CCCCOC(=O)C[CH2][Sn]. The van der Waals surface area contributed by atoms with Gasteiger partial charge in [0.1, 0.15) is 6.61 Å². The van der Waals surface area contributed by atoms with Gasteiger partial charge in [0.25, 0.3) is 0 Å². The Balaban J connectivity index is 0. The third kappa shape index (κ3) is 24.4. The Labute approximate surface area is 167 Å². The Morgan fingerprint density at radius 3 is 2.17 bits per heavy atom. The van der Waals surface area contributed by atoms with E-state index in [-0.39, 0.29) is 5.97 Å². The van der Waals surface area contributed by atoms with Crippen LogP contribution in [0.3, 0.4) is 0 Å². The molecule has 0 spiro atoms. The molecule has 0 rings (SSSR count). The molecule has 0 saturated carbocycles. The second-order valence-electron chi connectivity index (χ2n) is 5.32. The van der Waals surface area contributed by atoms with E-state index in [0.29, 0.717) is 31.3 Å². The van der Waals surface area contributed by atoms with Gasteiger partial charge in [-0.2, -0.15) is 0 Å². The van der Waals surface area contributed by atoms with Gasteiger partial charge in [-0.15, -0.1) is 0 Å². The average molecular weight is 466 g/mol. The molecule has 0 fully saturated rings. The van der Waals surface area contributed by atoms with E-state index < -0.39 is 0 Å². The van der Waals surface area contributed by atoms with Gasteiger partial charge in [-0.25, -0.2) is 0 Å². The van der Waals surface area contributed by atoms with Crippen molar-refractivity contribution in [1.82, 2.24) is 0 Å². The molecule has 0 unspecified atom stereocenters. The topological polar surface area (TPSA) is 44.8 Å². The van der Waals surface area contributed by atoms with Gasteiger partial charge in [0.05, 0.1) is 6.61 Å². The molecule has 0 aliphatic heterocycles. The Kier molecular flexibility index (Phi) is 25.4. The Hall–Kier alpha value is 0.119. The van der Waals surface area contributed by atoms with Crippen molar-refractivity contribution >= 4 is 45.8 Å². The number of rotatable bonds is 14. The molecule has 141 valence electrons. The van der Waals surface area contributed by atoms with Gasteiger partial charge in [-0.1, -0.05) is 33.1 Å². The molecule has 0 bridgehead atoms. The van der Waals surface area contributed by atoms with E-state index in [4.69, 9.17) is 26.4 Å². The third-order valence-electron chi connectivity index (χ3n) is 3.01. The van der Waals surface area contributed by atoms with Crippen LogP contribution in [0.25, 0.3) is 0 Å². The maximum atomic E-state index is 10.7. The van der Waals surface area contributed by atoms with Gasteiger partial charge >= 0.3 is 75.3 Å². The quantitative estimate of drug-likeness (QED) is 0.162. The van der Waals surface area contributed by atoms with Crippen LogP contribution in [0.1, 0.15) is 72.1 Å². The number of hydrogen-bond donors (Lipinski definition) is 0. The Morgan fingerprint density at radius 2 is 1.58 bits per heavy atom. The van der Waals surface area contributed by atoms with Crippen molar-refractivity contribution in [3.05, 3.63) is 0 Å². The standard InChI is InChI=1S/C11H22O2S.C7H13O2.Sn/c1-3-5-6-7-8-12-9-10-13-11(14)4-2;1-3-5-6-9-7(8)4-2;/h3-10H2,1-2H3;2-6H2,1H3;. The molecule has 4 nitrogen and oxygen atoms in total. The third-order valence-corrected chi connectivity index (χ3v) is 4.13. The summed E-state index contributed by atoms with van der Waals surface area (Å²) in [5, 5.41) is 0.680. The van der Waals surface area contributed by atoms with Crippen molar-refractivity contribution in [2.75, 3.05) is 26.4 Å². The summed E-state index contributed by atoms with van der Waals surface area (Å²) in [5.41, 5.74) is 0. The van der Waals surface area contributed by atoms with Crippen molar-refractivity contribution in [2.24, 2.45) is 0 Å². The van der Waals surface area contributed by atoms with E-state index in [9.17, 15) is 4.79 Å². The number of unbranched alkanes of at least 4 members (excludes halogenated alkanes) is 4. The number of carbonyl (C=O) groups excluding carboxylic acids is 1. The van der Waals surface area contributed by atoms with Crippen molar-refractivity contribution in [3.8, 4) is 0 Å². The fraction of sp³-hybridized carbons (Fsp3) is 0.889. The van der Waals surface area contributed by atoms with Crippen LogP contribution in [-0.2, 0) is 19.0 Å². The predicted molar refractivity (Wildman–Crippen MR) is 105 cm³/mol. The molecule has 0 aromatic heterocycles. The first-order chi connectivity index (χ1) is 11.6. The summed E-state index contributed by atoms with van der Waals surface area (Å²) >= 11 is 6.32. The van der Waals surface area contributed by atoms with E-state index in [2.05, 4.69) is 13.8 Å². The van der Waals surface area contributed by atoms with Gasteiger partial charge in [0, 0.05) is 13.0 Å². The molecule has 0 aliphatic carbocycles. The molecular formula is C18H35O4SSn. The average Bonchev–Trinajstić information content (AvgIpc) is 2.58. The van der Waals surface area contributed by atoms with Crippen molar-refractivity contribution in [3.63, 3.8) is 0 Å². The first kappa shape index (κ1) is 26.3. The van der Waals surface area contributed by atoms with E-state index >= 15 is 0 Å². The molecule has 24 heavy (non-hydrogen) atoms. The summed E-state index contributed by atoms with van der Waals surface area (Å²) < 4.78 is 16.5. The summed E-state index contributed by atoms with van der Waals surface area (Å²) in [6.45, 7) is 8.99. The monoisotopic (exact) mass is 467 g/mol. The molecule has 0 aromatic rings. The Morgan fingerprint density at radius 1 is 0.875 bits per heavy atom. The van der Waals surface area contributed by atoms with Crippen LogP contribution in [0.2, 0.25) is 4.44 Å².